The monoisotopic (exact) mass is 333 g/mol. The van der Waals surface area contributed by atoms with E-state index in [-0.39, 0.29) is 16.8 Å². The fourth-order valence-corrected chi connectivity index (χ4v) is 3.43. The molecular weight excluding hydrogens is 322 g/mol. The number of hydrogen-bond donors (Lipinski definition) is 2. The summed E-state index contributed by atoms with van der Waals surface area (Å²) >= 11 is 3.18. The van der Waals surface area contributed by atoms with Crippen molar-refractivity contribution in [3.05, 3.63) is 22.9 Å². The van der Waals surface area contributed by atoms with Crippen LogP contribution in [0.3, 0.4) is 0 Å². The molecule has 1 fully saturated rings. The third kappa shape index (κ3) is 3.27. The van der Waals surface area contributed by atoms with Crippen LogP contribution >= 0.6 is 15.9 Å². The Bertz CT molecular complexity index is 551. The molecule has 0 bridgehead atoms. The minimum absolute atomic E-state index is 0.0467. The zero-order valence-corrected chi connectivity index (χ0v) is 11.8. The van der Waals surface area contributed by atoms with Gasteiger partial charge < -0.3 is 5.32 Å². The summed E-state index contributed by atoms with van der Waals surface area (Å²) in [6.07, 6.45) is 3.64. The highest BCUT2D eigenvalue weighted by Gasteiger charge is 2.24. The number of carbonyl (C=O) groups is 1. The second-order valence-electron chi connectivity index (χ2n) is 4.00. The summed E-state index contributed by atoms with van der Waals surface area (Å²) in [6.45, 7) is 0.319. The first-order chi connectivity index (χ1) is 8.47. The standard InChI is InChI=1S/C10H12BrN3O3S/c11-7-3-9(6-12-4-7)18(16,17)14-8-1-2-10(15)13-5-8/h3-4,6,8,14H,1-2,5H2,(H,13,15). The lowest BCUT2D eigenvalue weighted by Gasteiger charge is -2.23. The number of nitrogens with one attached hydrogen (secondary N) is 2. The second-order valence-corrected chi connectivity index (χ2v) is 6.63. The number of amides is 1. The molecule has 0 saturated carbocycles. The van der Waals surface area contributed by atoms with E-state index in [1.54, 1.807) is 0 Å². The van der Waals surface area contributed by atoms with Gasteiger partial charge in [-0.3, -0.25) is 9.78 Å². The Morgan fingerprint density at radius 1 is 1.44 bits per heavy atom. The summed E-state index contributed by atoms with van der Waals surface area (Å²) in [5.41, 5.74) is 0. The van der Waals surface area contributed by atoms with Gasteiger partial charge >= 0.3 is 0 Å². The molecule has 98 valence electrons. The van der Waals surface area contributed by atoms with Crippen molar-refractivity contribution in [1.29, 1.82) is 0 Å². The second kappa shape index (κ2) is 5.33. The van der Waals surface area contributed by atoms with Crippen molar-refractivity contribution in [2.75, 3.05) is 6.54 Å². The summed E-state index contributed by atoms with van der Waals surface area (Å²) in [5.74, 6) is -0.0467. The predicted molar refractivity (Wildman–Crippen MR) is 68.3 cm³/mol. The largest absolute Gasteiger partial charge is 0.355 e. The van der Waals surface area contributed by atoms with E-state index in [2.05, 4.69) is 31.0 Å². The summed E-state index contributed by atoms with van der Waals surface area (Å²) in [4.78, 5) is 14.9. The maximum Gasteiger partial charge on any atom is 0.242 e. The number of piperidine rings is 1. The molecule has 1 aromatic heterocycles. The van der Waals surface area contributed by atoms with Crippen molar-refractivity contribution < 1.29 is 13.2 Å². The van der Waals surface area contributed by atoms with Crippen molar-refractivity contribution in [3.63, 3.8) is 0 Å². The minimum Gasteiger partial charge on any atom is -0.355 e. The van der Waals surface area contributed by atoms with Crippen LogP contribution in [0, 0.1) is 0 Å². The highest BCUT2D eigenvalue weighted by Crippen LogP contribution is 2.15. The highest BCUT2D eigenvalue weighted by atomic mass is 79.9. The van der Waals surface area contributed by atoms with Gasteiger partial charge in [-0.05, 0) is 28.4 Å². The first-order valence-electron chi connectivity index (χ1n) is 5.37. The zero-order chi connectivity index (χ0) is 13.2. The van der Waals surface area contributed by atoms with Crippen molar-refractivity contribution in [3.8, 4) is 0 Å². The molecule has 6 nitrogen and oxygen atoms in total. The number of carbonyl (C=O) groups excluding carboxylic acids is 1. The maximum absolute atomic E-state index is 12.0. The van der Waals surface area contributed by atoms with E-state index in [1.165, 1.54) is 18.5 Å². The molecule has 2 N–H and O–H groups in total. The van der Waals surface area contributed by atoms with Crippen LogP contribution in [0.4, 0.5) is 0 Å². The van der Waals surface area contributed by atoms with Gasteiger partial charge in [0.25, 0.3) is 0 Å². The first-order valence-corrected chi connectivity index (χ1v) is 7.64. The van der Waals surface area contributed by atoms with E-state index in [9.17, 15) is 13.2 Å². The molecule has 1 aliphatic heterocycles. The van der Waals surface area contributed by atoms with Gasteiger partial charge in [-0.1, -0.05) is 0 Å². The summed E-state index contributed by atoms with van der Waals surface area (Å²) in [5, 5.41) is 2.63. The topological polar surface area (TPSA) is 88.2 Å². The molecule has 18 heavy (non-hydrogen) atoms. The molecule has 8 heteroatoms. The number of sulfonamides is 1. The van der Waals surface area contributed by atoms with E-state index < -0.39 is 10.0 Å². The molecule has 2 rings (SSSR count). The Morgan fingerprint density at radius 2 is 2.22 bits per heavy atom. The minimum atomic E-state index is -3.59. The van der Waals surface area contributed by atoms with E-state index in [0.717, 1.165) is 0 Å². The predicted octanol–water partition coefficient (Wildman–Crippen LogP) is 0.401. The average Bonchev–Trinajstić information content (AvgIpc) is 2.32. The molecule has 1 saturated heterocycles. The van der Waals surface area contributed by atoms with Crippen LogP contribution in [0.5, 0.6) is 0 Å². The van der Waals surface area contributed by atoms with Gasteiger partial charge in [-0.25, -0.2) is 13.1 Å². The molecule has 1 aromatic rings. The third-order valence-corrected chi connectivity index (χ3v) is 4.50. The fraction of sp³-hybridized carbons (Fsp3) is 0.400. The Balaban J connectivity index is 2.10. The van der Waals surface area contributed by atoms with Crippen LogP contribution in [-0.2, 0) is 14.8 Å². The van der Waals surface area contributed by atoms with Crippen LogP contribution in [0.15, 0.2) is 27.8 Å². The summed E-state index contributed by atoms with van der Waals surface area (Å²) in [7, 11) is -3.59. The molecule has 1 unspecified atom stereocenters. The van der Waals surface area contributed by atoms with Gasteiger partial charge in [0.1, 0.15) is 4.90 Å². The fourth-order valence-electron chi connectivity index (χ4n) is 1.66. The van der Waals surface area contributed by atoms with Gasteiger partial charge in [0.05, 0.1) is 0 Å². The Labute approximate surface area is 113 Å². The molecule has 0 aliphatic carbocycles. The lowest BCUT2D eigenvalue weighted by atomic mass is 10.1. The van der Waals surface area contributed by atoms with Crippen LogP contribution in [0.25, 0.3) is 0 Å². The van der Waals surface area contributed by atoms with Gasteiger partial charge in [-0.2, -0.15) is 0 Å². The van der Waals surface area contributed by atoms with Gasteiger partial charge in [0.15, 0.2) is 0 Å². The van der Waals surface area contributed by atoms with E-state index >= 15 is 0 Å². The van der Waals surface area contributed by atoms with Gasteiger partial charge in [-0.15, -0.1) is 0 Å². The lowest BCUT2D eigenvalue weighted by Crippen LogP contribution is -2.47. The van der Waals surface area contributed by atoms with Crippen LogP contribution < -0.4 is 10.0 Å². The maximum atomic E-state index is 12.0. The van der Waals surface area contributed by atoms with Crippen molar-refractivity contribution in [2.45, 2.75) is 23.8 Å². The first kappa shape index (κ1) is 13.4. The number of hydrogen-bond acceptors (Lipinski definition) is 4. The van der Waals surface area contributed by atoms with Crippen molar-refractivity contribution in [1.82, 2.24) is 15.0 Å². The number of halogens is 1. The van der Waals surface area contributed by atoms with Gasteiger partial charge in [0, 0.05) is 35.9 Å². The van der Waals surface area contributed by atoms with Gasteiger partial charge in [0.2, 0.25) is 15.9 Å². The molecule has 1 amide bonds. The van der Waals surface area contributed by atoms with Crippen molar-refractivity contribution in [2.24, 2.45) is 0 Å². The van der Waals surface area contributed by atoms with E-state index in [0.29, 0.717) is 23.9 Å². The van der Waals surface area contributed by atoms with E-state index in [4.69, 9.17) is 0 Å². The molecular formula is C10H12BrN3O3S. The Kier molecular flexibility index (Phi) is 3.98. The lowest BCUT2D eigenvalue weighted by molar-refractivity contribution is -0.122. The number of pyridine rings is 1. The van der Waals surface area contributed by atoms with Crippen LogP contribution in [0.1, 0.15) is 12.8 Å². The smallest absolute Gasteiger partial charge is 0.242 e. The Hall–Kier alpha value is -0.990. The number of nitrogens with zero attached hydrogens (tertiary/aromatic N) is 1. The Morgan fingerprint density at radius 3 is 2.83 bits per heavy atom. The van der Waals surface area contributed by atoms with Crippen LogP contribution in [0.2, 0.25) is 0 Å². The number of aromatic nitrogens is 1. The van der Waals surface area contributed by atoms with Crippen LogP contribution in [-0.4, -0.2) is 31.9 Å². The molecule has 2 heterocycles. The molecule has 0 aromatic carbocycles. The highest BCUT2D eigenvalue weighted by molar-refractivity contribution is 9.10. The molecule has 0 radical (unpaired) electrons. The summed E-state index contributed by atoms with van der Waals surface area (Å²) in [6, 6.07) is 1.21. The normalized spacial score (nSPS) is 20.5. The number of rotatable bonds is 3. The zero-order valence-electron chi connectivity index (χ0n) is 9.39. The molecule has 0 spiro atoms. The van der Waals surface area contributed by atoms with E-state index in [1.807, 2.05) is 0 Å². The molecule has 1 atom stereocenters. The SMILES string of the molecule is O=C1CCC(NS(=O)(=O)c2cncc(Br)c2)CN1. The quantitative estimate of drug-likeness (QED) is 0.838. The van der Waals surface area contributed by atoms with Crippen molar-refractivity contribution >= 4 is 31.9 Å². The summed E-state index contributed by atoms with van der Waals surface area (Å²) < 4.78 is 27.3. The molecule has 1 aliphatic rings. The third-order valence-electron chi connectivity index (χ3n) is 2.58. The average molecular weight is 334 g/mol.